The third-order valence-electron chi connectivity index (χ3n) is 5.26. The van der Waals surface area contributed by atoms with Crippen molar-refractivity contribution in [2.75, 3.05) is 20.2 Å². The van der Waals surface area contributed by atoms with Gasteiger partial charge in [0.1, 0.15) is 11.3 Å². The van der Waals surface area contributed by atoms with Crippen LogP contribution in [0.25, 0.3) is 10.8 Å². The summed E-state index contributed by atoms with van der Waals surface area (Å²) in [7, 11) is 1.52. The van der Waals surface area contributed by atoms with Gasteiger partial charge in [0.05, 0.1) is 7.11 Å². The van der Waals surface area contributed by atoms with Crippen LogP contribution in [0.1, 0.15) is 34.9 Å². The molecule has 0 aromatic heterocycles. The Morgan fingerprint density at radius 2 is 1.52 bits per heavy atom. The van der Waals surface area contributed by atoms with Crippen molar-refractivity contribution in [2.45, 2.75) is 18.9 Å². The van der Waals surface area contributed by atoms with Crippen LogP contribution in [-0.2, 0) is 9.53 Å². The largest absolute Gasteiger partial charge is 0.496 e. The van der Waals surface area contributed by atoms with Gasteiger partial charge in [-0.1, -0.05) is 54.6 Å². The Labute approximate surface area is 169 Å². The van der Waals surface area contributed by atoms with Gasteiger partial charge in [-0.05, 0) is 35.7 Å². The fourth-order valence-electron chi connectivity index (χ4n) is 3.71. The first kappa shape index (κ1) is 19.0. The summed E-state index contributed by atoms with van der Waals surface area (Å²) >= 11 is 0. The first-order valence-electron chi connectivity index (χ1n) is 9.79. The van der Waals surface area contributed by atoms with Gasteiger partial charge in [-0.2, -0.15) is 0 Å². The molecular formula is C24H23NO4. The van der Waals surface area contributed by atoms with Crippen LogP contribution in [0.4, 0.5) is 0 Å². The molecule has 3 aromatic carbocycles. The van der Waals surface area contributed by atoms with Crippen molar-refractivity contribution in [1.82, 2.24) is 4.90 Å². The zero-order valence-corrected chi connectivity index (χ0v) is 16.3. The summed E-state index contributed by atoms with van der Waals surface area (Å²) in [5.41, 5.74) is 0.971. The quantitative estimate of drug-likeness (QED) is 0.608. The van der Waals surface area contributed by atoms with Gasteiger partial charge >= 0.3 is 5.97 Å². The standard InChI is InChI=1S/C24H23NO4/c1-28-21-16-19-12-6-5-11-18(19)15-20(21)24(27)29-22(17-9-3-2-4-10-17)23(26)25-13-7-8-14-25/h2-6,9-12,15-16,22H,7-8,13-14H2,1H3/t22-/m0/s1. The molecule has 1 saturated heterocycles. The first-order valence-corrected chi connectivity index (χ1v) is 9.79. The van der Waals surface area contributed by atoms with E-state index in [4.69, 9.17) is 9.47 Å². The van der Waals surface area contributed by atoms with E-state index in [1.165, 1.54) is 7.11 Å². The lowest BCUT2D eigenvalue weighted by Gasteiger charge is -2.24. The average Bonchev–Trinajstić information content (AvgIpc) is 3.31. The molecule has 0 bridgehead atoms. The van der Waals surface area contributed by atoms with Gasteiger partial charge in [-0.15, -0.1) is 0 Å². The summed E-state index contributed by atoms with van der Waals surface area (Å²) in [6, 6.07) is 20.4. The molecule has 1 amide bonds. The number of fused-ring (bicyclic) bond motifs is 1. The van der Waals surface area contributed by atoms with Gasteiger partial charge in [0, 0.05) is 18.7 Å². The lowest BCUT2D eigenvalue weighted by molar-refractivity contribution is -0.140. The number of benzene rings is 3. The molecule has 1 heterocycles. The molecule has 1 aliphatic heterocycles. The van der Waals surface area contributed by atoms with Crippen molar-refractivity contribution in [1.29, 1.82) is 0 Å². The topological polar surface area (TPSA) is 55.8 Å². The molecule has 1 fully saturated rings. The maximum absolute atomic E-state index is 13.1. The van der Waals surface area contributed by atoms with Gasteiger partial charge in [0.2, 0.25) is 6.10 Å². The molecule has 0 N–H and O–H groups in total. The number of hydrogen-bond donors (Lipinski definition) is 0. The SMILES string of the molecule is COc1cc2ccccc2cc1C(=O)O[C@H](C(=O)N1CCCC1)c1ccccc1. The van der Waals surface area contributed by atoms with Gasteiger partial charge in [-0.3, -0.25) is 4.79 Å². The molecule has 1 atom stereocenters. The molecule has 0 radical (unpaired) electrons. The van der Waals surface area contributed by atoms with Crippen molar-refractivity contribution >= 4 is 22.6 Å². The number of methoxy groups -OCH3 is 1. The molecule has 29 heavy (non-hydrogen) atoms. The minimum atomic E-state index is -0.974. The summed E-state index contributed by atoms with van der Waals surface area (Å²) in [6.07, 6.45) is 0.970. The number of hydrogen-bond acceptors (Lipinski definition) is 4. The minimum Gasteiger partial charge on any atom is -0.496 e. The van der Waals surface area contributed by atoms with Gasteiger partial charge in [0.15, 0.2) is 0 Å². The highest BCUT2D eigenvalue weighted by Crippen LogP contribution is 2.30. The zero-order valence-electron chi connectivity index (χ0n) is 16.3. The van der Waals surface area contributed by atoms with Crippen molar-refractivity contribution in [3.8, 4) is 5.75 Å². The molecular weight excluding hydrogens is 366 g/mol. The van der Waals surface area contributed by atoms with Crippen LogP contribution in [0.2, 0.25) is 0 Å². The Morgan fingerprint density at radius 1 is 0.897 bits per heavy atom. The summed E-state index contributed by atoms with van der Waals surface area (Å²) < 4.78 is 11.2. The Balaban J connectivity index is 1.67. The predicted molar refractivity (Wildman–Crippen MR) is 111 cm³/mol. The Kier molecular flexibility index (Phi) is 5.47. The number of carbonyl (C=O) groups excluding carboxylic acids is 2. The van der Waals surface area contributed by atoms with Crippen molar-refractivity contribution < 1.29 is 19.1 Å². The van der Waals surface area contributed by atoms with Crippen LogP contribution in [0, 0.1) is 0 Å². The Bertz CT molecular complexity index is 1030. The zero-order chi connectivity index (χ0) is 20.2. The maximum atomic E-state index is 13.1. The number of amides is 1. The summed E-state index contributed by atoms with van der Waals surface area (Å²) in [5.74, 6) is -0.329. The number of carbonyl (C=O) groups is 2. The van der Waals surface area contributed by atoms with E-state index in [0.29, 0.717) is 30.0 Å². The average molecular weight is 389 g/mol. The highest BCUT2D eigenvalue weighted by atomic mass is 16.6. The number of likely N-dealkylation sites (tertiary alicyclic amines) is 1. The minimum absolute atomic E-state index is 0.179. The molecule has 0 aliphatic carbocycles. The highest BCUT2D eigenvalue weighted by molar-refractivity contribution is 6.00. The molecule has 3 aromatic rings. The lowest BCUT2D eigenvalue weighted by Crippen LogP contribution is -2.34. The number of esters is 1. The van der Waals surface area contributed by atoms with E-state index >= 15 is 0 Å². The van der Waals surface area contributed by atoms with Crippen LogP contribution >= 0.6 is 0 Å². The molecule has 4 rings (SSSR count). The molecule has 5 heteroatoms. The number of ether oxygens (including phenoxy) is 2. The third-order valence-corrected chi connectivity index (χ3v) is 5.26. The van der Waals surface area contributed by atoms with E-state index in [9.17, 15) is 9.59 Å². The molecule has 148 valence electrons. The molecule has 0 spiro atoms. The predicted octanol–water partition coefficient (Wildman–Crippen LogP) is 4.37. The van der Waals surface area contributed by atoms with E-state index in [0.717, 1.165) is 23.6 Å². The van der Waals surface area contributed by atoms with E-state index in [1.54, 1.807) is 11.0 Å². The lowest BCUT2D eigenvalue weighted by atomic mass is 10.1. The van der Waals surface area contributed by atoms with Crippen LogP contribution < -0.4 is 4.74 Å². The first-order chi connectivity index (χ1) is 14.2. The number of rotatable bonds is 5. The summed E-state index contributed by atoms with van der Waals surface area (Å²) in [6.45, 7) is 1.39. The second kappa shape index (κ2) is 8.35. The third kappa shape index (κ3) is 3.94. The number of nitrogens with zero attached hydrogens (tertiary/aromatic N) is 1. The maximum Gasteiger partial charge on any atom is 0.343 e. The van der Waals surface area contributed by atoms with Crippen molar-refractivity contribution in [2.24, 2.45) is 0 Å². The van der Waals surface area contributed by atoms with Gasteiger partial charge < -0.3 is 14.4 Å². The second-order valence-electron chi connectivity index (χ2n) is 7.13. The monoisotopic (exact) mass is 389 g/mol. The van der Waals surface area contributed by atoms with Gasteiger partial charge in [0.25, 0.3) is 5.91 Å². The van der Waals surface area contributed by atoms with Crippen LogP contribution in [-0.4, -0.2) is 37.0 Å². The summed E-state index contributed by atoms with van der Waals surface area (Å²) in [5, 5.41) is 1.87. The van der Waals surface area contributed by atoms with Crippen molar-refractivity contribution in [3.05, 3.63) is 77.9 Å². The normalized spacial score (nSPS) is 14.6. The fourth-order valence-corrected chi connectivity index (χ4v) is 3.71. The Morgan fingerprint density at radius 3 is 2.17 bits per heavy atom. The summed E-state index contributed by atoms with van der Waals surface area (Å²) in [4.78, 5) is 28.0. The van der Waals surface area contributed by atoms with Crippen LogP contribution in [0.15, 0.2) is 66.7 Å². The fraction of sp³-hybridized carbons (Fsp3) is 0.250. The van der Waals surface area contributed by atoms with Crippen LogP contribution in [0.3, 0.4) is 0 Å². The van der Waals surface area contributed by atoms with E-state index < -0.39 is 12.1 Å². The van der Waals surface area contributed by atoms with Crippen LogP contribution in [0.5, 0.6) is 5.75 Å². The molecule has 0 saturated carbocycles. The van der Waals surface area contributed by atoms with Crippen molar-refractivity contribution in [3.63, 3.8) is 0 Å². The van der Waals surface area contributed by atoms with E-state index in [2.05, 4.69) is 0 Å². The highest BCUT2D eigenvalue weighted by Gasteiger charge is 2.32. The van der Waals surface area contributed by atoms with E-state index in [1.807, 2.05) is 60.7 Å². The van der Waals surface area contributed by atoms with Gasteiger partial charge in [-0.25, -0.2) is 4.79 Å². The Hall–Kier alpha value is -3.34. The second-order valence-corrected chi connectivity index (χ2v) is 7.13. The molecule has 1 aliphatic rings. The molecule has 5 nitrogen and oxygen atoms in total. The smallest absolute Gasteiger partial charge is 0.343 e. The van der Waals surface area contributed by atoms with E-state index in [-0.39, 0.29) is 5.91 Å². The molecule has 0 unspecified atom stereocenters.